The topological polar surface area (TPSA) is 46.2 Å². The van der Waals surface area contributed by atoms with Gasteiger partial charge >= 0.3 is 0 Å². The van der Waals surface area contributed by atoms with Gasteiger partial charge in [0.25, 0.3) is 0 Å². The molecule has 0 amide bonds. The minimum absolute atomic E-state index is 0.155. The van der Waals surface area contributed by atoms with E-state index in [0.717, 1.165) is 25.8 Å². The van der Waals surface area contributed by atoms with Gasteiger partial charge in [-0.25, -0.2) is 0 Å². The summed E-state index contributed by atoms with van der Waals surface area (Å²) in [4.78, 5) is 0. The van der Waals surface area contributed by atoms with Crippen LogP contribution in [0.1, 0.15) is 19.3 Å². The Kier molecular flexibility index (Phi) is 7.37. The van der Waals surface area contributed by atoms with E-state index in [4.69, 9.17) is 10.8 Å². The first-order valence-electron chi connectivity index (χ1n) is 3.37. The van der Waals surface area contributed by atoms with Gasteiger partial charge in [-0.3, -0.25) is 0 Å². The van der Waals surface area contributed by atoms with Crippen molar-refractivity contribution in [2.75, 3.05) is 13.2 Å². The number of hydrogen-bond donors (Lipinski definition) is 2. The summed E-state index contributed by atoms with van der Waals surface area (Å²) in [7, 11) is 0. The highest BCUT2D eigenvalue weighted by Crippen LogP contribution is 1.93. The van der Waals surface area contributed by atoms with Gasteiger partial charge in [0.2, 0.25) is 0 Å². The Hall–Kier alpha value is -0.340. The van der Waals surface area contributed by atoms with Crippen LogP contribution in [0.15, 0.2) is 12.2 Å². The second kappa shape index (κ2) is 7.66. The minimum Gasteiger partial charge on any atom is -0.392 e. The van der Waals surface area contributed by atoms with Crippen LogP contribution in [0.4, 0.5) is 0 Å². The van der Waals surface area contributed by atoms with E-state index in [0.29, 0.717) is 0 Å². The quantitative estimate of drug-likeness (QED) is 0.423. The molecule has 0 aliphatic carbocycles. The van der Waals surface area contributed by atoms with Crippen molar-refractivity contribution >= 4 is 0 Å². The van der Waals surface area contributed by atoms with Crippen molar-refractivity contribution in [3.63, 3.8) is 0 Å². The molecule has 9 heavy (non-hydrogen) atoms. The predicted octanol–water partition coefficient (Wildman–Crippen LogP) is 0.664. The van der Waals surface area contributed by atoms with Gasteiger partial charge in [-0.1, -0.05) is 12.2 Å². The van der Waals surface area contributed by atoms with E-state index >= 15 is 0 Å². The maximum absolute atomic E-state index is 8.31. The number of aliphatic hydroxyl groups excluding tert-OH is 1. The van der Waals surface area contributed by atoms with E-state index in [1.165, 1.54) is 0 Å². The first-order chi connectivity index (χ1) is 4.41. The zero-order valence-electron chi connectivity index (χ0n) is 5.71. The van der Waals surface area contributed by atoms with Crippen molar-refractivity contribution in [1.82, 2.24) is 0 Å². The van der Waals surface area contributed by atoms with E-state index in [1.807, 2.05) is 6.08 Å². The monoisotopic (exact) mass is 129 g/mol. The standard InChI is InChI=1S/C7H15NO/c8-6-4-2-1-3-5-7-9/h3,5,9H,1-2,4,6-8H2/b5-3+. The largest absolute Gasteiger partial charge is 0.392 e. The number of hydrogen-bond acceptors (Lipinski definition) is 2. The Balaban J connectivity index is 2.82. The van der Waals surface area contributed by atoms with Crippen LogP contribution in [0, 0.1) is 0 Å². The lowest BCUT2D eigenvalue weighted by Gasteiger charge is -1.89. The molecule has 0 saturated carbocycles. The number of allylic oxidation sites excluding steroid dienone is 1. The van der Waals surface area contributed by atoms with Crippen molar-refractivity contribution in [3.8, 4) is 0 Å². The van der Waals surface area contributed by atoms with Crippen LogP contribution in [0.25, 0.3) is 0 Å². The fourth-order valence-electron chi connectivity index (χ4n) is 0.599. The summed E-state index contributed by atoms with van der Waals surface area (Å²) in [6.45, 7) is 0.926. The Morgan fingerprint density at radius 3 is 2.56 bits per heavy atom. The number of nitrogens with two attached hydrogens (primary N) is 1. The van der Waals surface area contributed by atoms with Crippen LogP contribution in [0.3, 0.4) is 0 Å². The molecule has 0 rings (SSSR count). The zero-order chi connectivity index (χ0) is 6.95. The molecular formula is C7H15NO. The molecule has 0 atom stereocenters. The van der Waals surface area contributed by atoms with Gasteiger partial charge in [0.1, 0.15) is 0 Å². The third kappa shape index (κ3) is 7.66. The molecule has 0 aliphatic heterocycles. The molecule has 0 aromatic carbocycles. The lowest BCUT2D eigenvalue weighted by atomic mass is 10.2. The van der Waals surface area contributed by atoms with Gasteiger partial charge in [0.05, 0.1) is 6.61 Å². The van der Waals surface area contributed by atoms with Crippen LogP contribution in [0.2, 0.25) is 0 Å². The molecule has 0 aromatic rings. The summed E-state index contributed by atoms with van der Waals surface area (Å²) in [6, 6.07) is 0. The summed E-state index contributed by atoms with van der Waals surface area (Å²) in [5.74, 6) is 0. The molecule has 0 aliphatic rings. The van der Waals surface area contributed by atoms with Crippen LogP contribution in [0.5, 0.6) is 0 Å². The van der Waals surface area contributed by atoms with Crippen LogP contribution >= 0.6 is 0 Å². The van der Waals surface area contributed by atoms with E-state index in [2.05, 4.69) is 0 Å². The summed E-state index contributed by atoms with van der Waals surface area (Å²) >= 11 is 0. The Morgan fingerprint density at radius 1 is 1.22 bits per heavy atom. The SMILES string of the molecule is NCCCC/C=C/CO. The van der Waals surface area contributed by atoms with Gasteiger partial charge in [-0.05, 0) is 25.8 Å². The highest BCUT2D eigenvalue weighted by molar-refractivity contribution is 4.80. The Bertz CT molecular complexity index is 71.3. The number of rotatable bonds is 5. The lowest BCUT2D eigenvalue weighted by molar-refractivity contribution is 0.342. The first kappa shape index (κ1) is 8.66. The molecule has 3 N–H and O–H groups in total. The van der Waals surface area contributed by atoms with Crippen molar-refractivity contribution in [2.45, 2.75) is 19.3 Å². The average molecular weight is 129 g/mol. The molecule has 0 unspecified atom stereocenters. The highest BCUT2D eigenvalue weighted by Gasteiger charge is 1.79. The first-order valence-corrected chi connectivity index (χ1v) is 3.37. The van der Waals surface area contributed by atoms with E-state index in [1.54, 1.807) is 6.08 Å². The molecular weight excluding hydrogens is 114 g/mol. The van der Waals surface area contributed by atoms with Gasteiger partial charge in [0.15, 0.2) is 0 Å². The molecule has 0 fully saturated rings. The fraction of sp³-hybridized carbons (Fsp3) is 0.714. The van der Waals surface area contributed by atoms with E-state index in [-0.39, 0.29) is 6.61 Å². The van der Waals surface area contributed by atoms with Crippen molar-refractivity contribution < 1.29 is 5.11 Å². The smallest absolute Gasteiger partial charge is 0.0612 e. The molecule has 0 aromatic heterocycles. The Morgan fingerprint density at radius 2 is 2.00 bits per heavy atom. The molecule has 0 saturated heterocycles. The lowest BCUT2D eigenvalue weighted by Crippen LogP contribution is -1.96. The molecule has 2 nitrogen and oxygen atoms in total. The second-order valence-corrected chi connectivity index (χ2v) is 1.94. The third-order valence-corrected chi connectivity index (χ3v) is 1.10. The molecule has 0 heterocycles. The van der Waals surface area contributed by atoms with Crippen LogP contribution in [-0.4, -0.2) is 18.3 Å². The number of aliphatic hydroxyl groups is 1. The summed E-state index contributed by atoms with van der Waals surface area (Å²) in [5, 5.41) is 8.31. The van der Waals surface area contributed by atoms with E-state index in [9.17, 15) is 0 Å². The maximum Gasteiger partial charge on any atom is 0.0612 e. The van der Waals surface area contributed by atoms with Crippen molar-refractivity contribution in [2.24, 2.45) is 5.73 Å². The summed E-state index contributed by atoms with van der Waals surface area (Å²) < 4.78 is 0. The second-order valence-electron chi connectivity index (χ2n) is 1.94. The van der Waals surface area contributed by atoms with Gasteiger partial charge in [-0.15, -0.1) is 0 Å². The summed E-state index contributed by atoms with van der Waals surface area (Å²) in [6.07, 6.45) is 6.99. The normalized spacial score (nSPS) is 10.9. The van der Waals surface area contributed by atoms with Crippen LogP contribution in [-0.2, 0) is 0 Å². The molecule has 0 spiro atoms. The molecule has 0 radical (unpaired) electrons. The maximum atomic E-state index is 8.31. The van der Waals surface area contributed by atoms with Crippen LogP contribution < -0.4 is 5.73 Å². The summed E-state index contributed by atoms with van der Waals surface area (Å²) in [5.41, 5.74) is 5.27. The predicted molar refractivity (Wildman–Crippen MR) is 39.1 cm³/mol. The van der Waals surface area contributed by atoms with Crippen molar-refractivity contribution in [3.05, 3.63) is 12.2 Å². The minimum atomic E-state index is 0.155. The molecule has 54 valence electrons. The zero-order valence-corrected chi connectivity index (χ0v) is 5.71. The van der Waals surface area contributed by atoms with Gasteiger partial charge in [-0.2, -0.15) is 0 Å². The molecule has 0 bridgehead atoms. The van der Waals surface area contributed by atoms with Crippen molar-refractivity contribution in [1.29, 1.82) is 0 Å². The molecule has 2 heteroatoms. The average Bonchev–Trinajstić information content (AvgIpc) is 1.89. The third-order valence-electron chi connectivity index (χ3n) is 1.10. The number of unbranched alkanes of at least 4 members (excludes halogenated alkanes) is 2. The van der Waals surface area contributed by atoms with Gasteiger partial charge < -0.3 is 10.8 Å². The highest BCUT2D eigenvalue weighted by atomic mass is 16.2. The van der Waals surface area contributed by atoms with E-state index < -0.39 is 0 Å². The Labute approximate surface area is 56.4 Å². The fourth-order valence-corrected chi connectivity index (χ4v) is 0.599. The van der Waals surface area contributed by atoms with Gasteiger partial charge in [0, 0.05) is 0 Å².